The van der Waals surface area contributed by atoms with Crippen molar-refractivity contribution in [3.8, 4) is 0 Å². The number of nitrogens with zero attached hydrogens (tertiary/aromatic N) is 4. The minimum Gasteiger partial charge on any atom is -0.361 e. The van der Waals surface area contributed by atoms with Crippen molar-refractivity contribution in [2.45, 2.75) is 10.9 Å². The Morgan fingerprint density at radius 1 is 1.38 bits per heavy atom. The molecule has 1 N–H and O–H groups in total. The van der Waals surface area contributed by atoms with Crippen molar-refractivity contribution in [2.24, 2.45) is 0 Å². The van der Waals surface area contributed by atoms with Crippen LogP contribution in [0.2, 0.25) is 5.02 Å². The van der Waals surface area contributed by atoms with Crippen LogP contribution in [0.4, 0.5) is 5.82 Å². The normalized spacial score (nSPS) is 12.7. The number of nitrogens with one attached hydrogen (secondary N) is 1. The SMILES string of the molecule is CN(C)c1nc(CS(=O)c2nc3cscc3[nH]2)ncc1Cl. The smallest absolute Gasteiger partial charge is 0.197 e. The monoisotopic (exact) mass is 341 g/mol. The molecule has 3 heterocycles. The average Bonchev–Trinajstić information content (AvgIpc) is 3.01. The van der Waals surface area contributed by atoms with Crippen LogP contribution in [0.15, 0.2) is 22.1 Å². The molecule has 1 atom stereocenters. The van der Waals surface area contributed by atoms with Gasteiger partial charge in [-0.25, -0.2) is 15.0 Å². The highest BCUT2D eigenvalue weighted by Gasteiger charge is 2.14. The molecule has 6 nitrogen and oxygen atoms in total. The van der Waals surface area contributed by atoms with E-state index in [1.807, 2.05) is 24.9 Å². The Kier molecular flexibility index (Phi) is 3.92. The summed E-state index contributed by atoms with van der Waals surface area (Å²) < 4.78 is 12.3. The molecule has 0 aromatic carbocycles. The van der Waals surface area contributed by atoms with Gasteiger partial charge in [-0.1, -0.05) is 11.6 Å². The molecular formula is C12H12ClN5OS2. The van der Waals surface area contributed by atoms with E-state index in [0.29, 0.717) is 21.8 Å². The Morgan fingerprint density at radius 3 is 2.90 bits per heavy atom. The maximum absolute atomic E-state index is 12.3. The number of aromatic amines is 1. The second kappa shape index (κ2) is 5.70. The highest BCUT2D eigenvalue weighted by Crippen LogP contribution is 2.22. The van der Waals surface area contributed by atoms with Crippen molar-refractivity contribution in [3.63, 3.8) is 0 Å². The van der Waals surface area contributed by atoms with E-state index in [-0.39, 0.29) is 5.75 Å². The molecule has 3 rings (SSSR count). The van der Waals surface area contributed by atoms with Crippen molar-refractivity contribution in [1.29, 1.82) is 0 Å². The summed E-state index contributed by atoms with van der Waals surface area (Å²) in [4.78, 5) is 17.6. The third kappa shape index (κ3) is 2.92. The van der Waals surface area contributed by atoms with Crippen molar-refractivity contribution < 1.29 is 4.21 Å². The molecule has 0 spiro atoms. The maximum atomic E-state index is 12.3. The van der Waals surface area contributed by atoms with Gasteiger partial charge in [0, 0.05) is 24.9 Å². The van der Waals surface area contributed by atoms with Crippen LogP contribution in [0.25, 0.3) is 11.0 Å². The summed E-state index contributed by atoms with van der Waals surface area (Å²) in [7, 11) is 2.36. The van der Waals surface area contributed by atoms with Crippen LogP contribution in [-0.4, -0.2) is 38.2 Å². The molecule has 3 aromatic heterocycles. The lowest BCUT2D eigenvalue weighted by Gasteiger charge is -2.13. The molecular weight excluding hydrogens is 330 g/mol. The summed E-state index contributed by atoms with van der Waals surface area (Å²) in [5, 5.41) is 4.76. The predicted molar refractivity (Wildman–Crippen MR) is 85.5 cm³/mol. The Morgan fingerprint density at radius 2 is 2.19 bits per heavy atom. The maximum Gasteiger partial charge on any atom is 0.197 e. The molecule has 9 heteroatoms. The molecule has 0 saturated heterocycles. The lowest BCUT2D eigenvalue weighted by Crippen LogP contribution is -2.13. The van der Waals surface area contributed by atoms with Crippen LogP contribution in [-0.2, 0) is 16.6 Å². The lowest BCUT2D eigenvalue weighted by molar-refractivity contribution is 0.676. The molecule has 0 bridgehead atoms. The Bertz CT molecular complexity index is 784. The van der Waals surface area contributed by atoms with Gasteiger partial charge >= 0.3 is 0 Å². The Hall–Kier alpha value is -1.51. The van der Waals surface area contributed by atoms with Crippen molar-refractivity contribution in [3.05, 3.63) is 27.8 Å². The molecule has 0 radical (unpaired) electrons. The van der Waals surface area contributed by atoms with Gasteiger partial charge in [-0.2, -0.15) is 0 Å². The van der Waals surface area contributed by atoms with E-state index in [1.54, 1.807) is 16.2 Å². The first-order valence-electron chi connectivity index (χ1n) is 6.03. The van der Waals surface area contributed by atoms with Crippen LogP contribution < -0.4 is 4.90 Å². The standard InChI is InChI=1S/C12H12ClN5OS2/c1-18(2)11-7(13)3-14-10(17-11)6-21(19)12-15-8-4-20-5-9(8)16-12/h3-5H,6H2,1-2H3,(H,15,16). The number of hydrogen-bond acceptors (Lipinski definition) is 6. The second-order valence-corrected chi connectivity index (χ2v) is 7.07. The summed E-state index contributed by atoms with van der Waals surface area (Å²) in [6.07, 6.45) is 1.52. The molecule has 0 amide bonds. The van der Waals surface area contributed by atoms with Crippen molar-refractivity contribution >= 4 is 50.6 Å². The van der Waals surface area contributed by atoms with E-state index in [1.165, 1.54) is 6.20 Å². The number of fused-ring (bicyclic) bond motifs is 1. The Labute approximate surface area is 132 Å². The van der Waals surface area contributed by atoms with Gasteiger partial charge in [0.15, 0.2) is 11.0 Å². The van der Waals surface area contributed by atoms with Crippen LogP contribution in [0.1, 0.15) is 5.82 Å². The fourth-order valence-electron chi connectivity index (χ4n) is 1.79. The molecule has 3 aromatic rings. The minimum atomic E-state index is -1.32. The van der Waals surface area contributed by atoms with Gasteiger partial charge in [0.1, 0.15) is 16.4 Å². The lowest BCUT2D eigenvalue weighted by atomic mass is 10.5. The molecule has 0 fully saturated rings. The average molecular weight is 342 g/mol. The predicted octanol–water partition coefficient (Wildman–Crippen LogP) is 2.44. The third-order valence-corrected chi connectivity index (χ3v) is 4.92. The van der Waals surface area contributed by atoms with E-state index in [0.717, 1.165) is 11.0 Å². The number of imidazole rings is 1. The van der Waals surface area contributed by atoms with E-state index in [9.17, 15) is 4.21 Å². The van der Waals surface area contributed by atoms with Crippen LogP contribution in [0, 0.1) is 0 Å². The summed E-state index contributed by atoms with van der Waals surface area (Å²) in [5.74, 6) is 1.27. The number of rotatable bonds is 4. The fraction of sp³-hybridized carbons (Fsp3) is 0.250. The zero-order valence-electron chi connectivity index (χ0n) is 11.3. The van der Waals surface area contributed by atoms with Gasteiger partial charge in [-0.3, -0.25) is 4.21 Å². The second-order valence-electron chi connectivity index (χ2n) is 4.55. The van der Waals surface area contributed by atoms with Gasteiger partial charge < -0.3 is 9.88 Å². The number of anilines is 1. The molecule has 110 valence electrons. The highest BCUT2D eigenvalue weighted by atomic mass is 35.5. The quantitative estimate of drug-likeness (QED) is 0.789. The topological polar surface area (TPSA) is 74.8 Å². The zero-order valence-corrected chi connectivity index (χ0v) is 13.7. The number of halogens is 1. The molecule has 0 aliphatic carbocycles. The third-order valence-electron chi connectivity index (χ3n) is 2.78. The first-order valence-corrected chi connectivity index (χ1v) is 8.67. The summed E-state index contributed by atoms with van der Waals surface area (Å²) >= 11 is 7.58. The number of thiophene rings is 1. The minimum absolute atomic E-state index is 0.192. The first-order chi connectivity index (χ1) is 10.0. The van der Waals surface area contributed by atoms with Gasteiger partial charge in [0.05, 0.1) is 28.3 Å². The van der Waals surface area contributed by atoms with Crippen LogP contribution in [0.3, 0.4) is 0 Å². The molecule has 21 heavy (non-hydrogen) atoms. The molecule has 0 aliphatic rings. The van der Waals surface area contributed by atoms with Crippen molar-refractivity contribution in [2.75, 3.05) is 19.0 Å². The number of hydrogen-bond donors (Lipinski definition) is 1. The van der Waals surface area contributed by atoms with Gasteiger partial charge in [0.25, 0.3) is 0 Å². The molecule has 1 unspecified atom stereocenters. The zero-order chi connectivity index (χ0) is 15.0. The largest absolute Gasteiger partial charge is 0.361 e. The first kappa shape index (κ1) is 14.4. The molecule has 0 saturated carbocycles. The highest BCUT2D eigenvalue weighted by molar-refractivity contribution is 7.84. The summed E-state index contributed by atoms with van der Waals surface area (Å²) in [6, 6.07) is 0. The van der Waals surface area contributed by atoms with Crippen molar-refractivity contribution in [1.82, 2.24) is 19.9 Å². The van der Waals surface area contributed by atoms with Gasteiger partial charge in [0.2, 0.25) is 0 Å². The summed E-state index contributed by atoms with van der Waals surface area (Å²) in [5.41, 5.74) is 1.73. The summed E-state index contributed by atoms with van der Waals surface area (Å²) in [6.45, 7) is 0. The van der Waals surface area contributed by atoms with Gasteiger partial charge in [-0.15, -0.1) is 11.3 Å². The van der Waals surface area contributed by atoms with Crippen LogP contribution >= 0.6 is 22.9 Å². The Balaban J connectivity index is 1.84. The van der Waals surface area contributed by atoms with Gasteiger partial charge in [-0.05, 0) is 0 Å². The number of H-pyrrole nitrogens is 1. The van der Waals surface area contributed by atoms with Crippen LogP contribution in [0.5, 0.6) is 0 Å². The van der Waals surface area contributed by atoms with E-state index in [2.05, 4.69) is 19.9 Å². The fourth-order valence-corrected chi connectivity index (χ4v) is 3.68. The van der Waals surface area contributed by atoms with E-state index >= 15 is 0 Å². The van der Waals surface area contributed by atoms with E-state index < -0.39 is 10.8 Å². The van der Waals surface area contributed by atoms with E-state index in [4.69, 9.17) is 11.6 Å². The number of aromatic nitrogens is 4. The molecule has 0 aliphatic heterocycles.